The highest BCUT2D eigenvalue weighted by molar-refractivity contribution is 8.15. The Morgan fingerprint density at radius 3 is 2.35 bits per heavy atom. The van der Waals surface area contributed by atoms with E-state index in [-0.39, 0.29) is 23.2 Å². The molecule has 0 spiro atoms. The molecular weight excluding hydrogens is 458 g/mol. The molecule has 3 aromatic carbocycles. The lowest BCUT2D eigenvalue weighted by Gasteiger charge is -2.25. The van der Waals surface area contributed by atoms with Gasteiger partial charge >= 0.3 is 0 Å². The average Bonchev–Trinajstić information content (AvgIpc) is 3.15. The first kappa shape index (κ1) is 23.9. The Bertz CT molecular complexity index is 1200. The van der Waals surface area contributed by atoms with Gasteiger partial charge in [0, 0.05) is 6.04 Å². The van der Waals surface area contributed by atoms with Crippen molar-refractivity contribution in [3.63, 3.8) is 0 Å². The zero-order chi connectivity index (χ0) is 24.2. The summed E-state index contributed by atoms with van der Waals surface area (Å²) in [6.45, 7) is 1.89. The summed E-state index contributed by atoms with van der Waals surface area (Å²) >= 11 is 0.998. The molecule has 2 amide bonds. The van der Waals surface area contributed by atoms with Crippen LogP contribution in [0.3, 0.4) is 0 Å². The molecule has 1 aliphatic rings. The smallest absolute Gasteiger partial charge is 0.286 e. The fourth-order valence-corrected chi connectivity index (χ4v) is 4.81. The summed E-state index contributed by atoms with van der Waals surface area (Å²) in [6, 6.07) is 18.7. The van der Waals surface area contributed by atoms with Crippen LogP contribution in [-0.2, 0) is 11.2 Å². The van der Waals surface area contributed by atoms with Crippen LogP contribution in [-0.4, -0.2) is 23.5 Å². The van der Waals surface area contributed by atoms with Crippen molar-refractivity contribution in [2.75, 3.05) is 7.11 Å². The molecule has 1 saturated heterocycles. The van der Waals surface area contributed by atoms with Crippen molar-refractivity contribution in [2.24, 2.45) is 0 Å². The maximum Gasteiger partial charge on any atom is 0.286 e. The van der Waals surface area contributed by atoms with Gasteiger partial charge in [0.15, 0.2) is 11.6 Å². The second kappa shape index (κ2) is 10.4. The van der Waals surface area contributed by atoms with Gasteiger partial charge in [0.05, 0.1) is 18.4 Å². The number of thioether (sulfide) groups is 1. The highest BCUT2D eigenvalue weighted by Gasteiger charge is 2.31. The van der Waals surface area contributed by atoms with Gasteiger partial charge in [-0.25, -0.2) is 8.78 Å². The monoisotopic (exact) mass is 482 g/mol. The van der Waals surface area contributed by atoms with Crippen LogP contribution < -0.4 is 15.4 Å². The lowest BCUT2D eigenvalue weighted by molar-refractivity contribution is -0.118. The van der Waals surface area contributed by atoms with E-state index in [1.165, 1.54) is 6.07 Å². The van der Waals surface area contributed by atoms with Gasteiger partial charge in [0.2, 0.25) is 5.91 Å². The molecule has 0 aromatic heterocycles. The van der Waals surface area contributed by atoms with Gasteiger partial charge in [-0.2, -0.15) is 0 Å². The molecule has 3 aromatic rings. The number of nitrogens with one attached hydrogen (secondary N) is 2. The number of hydrogen-bond donors (Lipinski definition) is 2. The van der Waals surface area contributed by atoms with Gasteiger partial charge in [-0.15, -0.1) is 0 Å². The molecule has 4 rings (SSSR count). The number of amides is 2. The van der Waals surface area contributed by atoms with Gasteiger partial charge in [-0.1, -0.05) is 54.2 Å². The normalized spacial score (nSPS) is 17.4. The molecule has 1 fully saturated rings. The molecule has 3 atom stereocenters. The minimum absolute atomic E-state index is 0.277. The highest BCUT2D eigenvalue weighted by atomic mass is 32.2. The first-order valence-electron chi connectivity index (χ1n) is 10.8. The van der Waals surface area contributed by atoms with Crippen molar-refractivity contribution in [3.05, 3.63) is 101 Å². The maximum absolute atomic E-state index is 13.8. The number of methoxy groups -OCH3 is 1. The Morgan fingerprint density at radius 2 is 1.71 bits per heavy atom. The minimum atomic E-state index is -0.893. The fourth-order valence-electron chi connectivity index (χ4n) is 3.95. The molecule has 2 N–H and O–H groups in total. The fraction of sp³-hybridized carbons (Fsp3) is 0.231. The summed E-state index contributed by atoms with van der Waals surface area (Å²) in [5, 5.41) is 5.04. The van der Waals surface area contributed by atoms with Gasteiger partial charge in [0.1, 0.15) is 5.75 Å². The summed E-state index contributed by atoms with van der Waals surface area (Å²) < 4.78 is 32.5. The van der Waals surface area contributed by atoms with Crippen molar-refractivity contribution in [3.8, 4) is 5.75 Å². The van der Waals surface area contributed by atoms with Crippen LogP contribution in [0.2, 0.25) is 0 Å². The molecule has 0 saturated carbocycles. The van der Waals surface area contributed by atoms with Crippen LogP contribution in [0.25, 0.3) is 0 Å². The number of rotatable bonds is 8. The topological polar surface area (TPSA) is 67.4 Å². The molecule has 5 nitrogen and oxygen atoms in total. The van der Waals surface area contributed by atoms with Crippen molar-refractivity contribution in [1.82, 2.24) is 10.6 Å². The lowest BCUT2D eigenvalue weighted by atomic mass is 9.94. The number of ether oxygens (including phenoxy) is 1. The Labute approximate surface area is 200 Å². The molecule has 1 aliphatic heterocycles. The third kappa shape index (κ3) is 5.46. The van der Waals surface area contributed by atoms with Crippen molar-refractivity contribution >= 4 is 22.9 Å². The summed E-state index contributed by atoms with van der Waals surface area (Å²) in [4.78, 5) is 23.5. The number of benzene rings is 3. The molecule has 0 radical (unpaired) electrons. The Kier molecular flexibility index (Phi) is 7.29. The van der Waals surface area contributed by atoms with E-state index in [0.717, 1.165) is 40.3 Å². The quantitative estimate of drug-likeness (QED) is 0.456. The van der Waals surface area contributed by atoms with E-state index in [1.54, 1.807) is 13.2 Å². The second-order valence-electron chi connectivity index (χ2n) is 8.10. The van der Waals surface area contributed by atoms with E-state index in [1.807, 2.05) is 55.5 Å². The molecule has 1 heterocycles. The van der Waals surface area contributed by atoms with Crippen LogP contribution in [0.15, 0.2) is 66.7 Å². The standard InChI is InChI=1S/C26H24F2N2O3S/c1-15(18-8-11-21(27)22(28)14-18)29-24(17-6-9-20(33-2)10-7-17)19-5-3-4-16(12-19)13-23-25(31)30-26(32)34-23/h3-12,14-15,23-24,29H,13H2,1-2H3,(H,30,31,32). The first-order chi connectivity index (χ1) is 16.3. The minimum Gasteiger partial charge on any atom is -0.497 e. The zero-order valence-corrected chi connectivity index (χ0v) is 19.5. The van der Waals surface area contributed by atoms with E-state index in [2.05, 4.69) is 10.6 Å². The molecule has 8 heteroatoms. The summed E-state index contributed by atoms with van der Waals surface area (Å²) in [5.74, 6) is -1.34. The Morgan fingerprint density at radius 1 is 0.971 bits per heavy atom. The largest absolute Gasteiger partial charge is 0.497 e. The van der Waals surface area contributed by atoms with Gasteiger partial charge in [0.25, 0.3) is 5.24 Å². The number of carbonyl (C=O) groups is 2. The van der Waals surface area contributed by atoms with Crippen molar-refractivity contribution < 1.29 is 23.1 Å². The maximum atomic E-state index is 13.8. The molecule has 0 aliphatic carbocycles. The predicted octanol–water partition coefficient (Wildman–Crippen LogP) is 5.31. The van der Waals surface area contributed by atoms with Crippen LogP contribution in [0, 0.1) is 11.6 Å². The second-order valence-corrected chi connectivity index (χ2v) is 9.28. The number of carbonyl (C=O) groups excluding carboxylic acids is 2. The average molecular weight is 483 g/mol. The SMILES string of the molecule is COc1ccc(C(NC(C)c2ccc(F)c(F)c2)c2cccc(CC3SC(=O)NC3=O)c2)cc1. The summed E-state index contributed by atoms with van der Waals surface area (Å²) in [6.07, 6.45) is 0.421. The number of imide groups is 1. The van der Waals surface area contributed by atoms with Crippen molar-refractivity contribution in [2.45, 2.75) is 30.7 Å². The van der Waals surface area contributed by atoms with Crippen LogP contribution >= 0.6 is 11.8 Å². The van der Waals surface area contributed by atoms with Crippen LogP contribution in [0.5, 0.6) is 5.75 Å². The Balaban J connectivity index is 1.64. The Hall–Kier alpha value is -3.23. The third-order valence-electron chi connectivity index (χ3n) is 5.78. The van der Waals surface area contributed by atoms with Gasteiger partial charge in [-0.3, -0.25) is 20.2 Å². The van der Waals surface area contributed by atoms with E-state index < -0.39 is 16.9 Å². The van der Waals surface area contributed by atoms with E-state index >= 15 is 0 Å². The molecule has 176 valence electrons. The molecule has 3 unspecified atom stereocenters. The zero-order valence-electron chi connectivity index (χ0n) is 18.7. The van der Waals surface area contributed by atoms with E-state index in [0.29, 0.717) is 12.0 Å². The van der Waals surface area contributed by atoms with E-state index in [4.69, 9.17) is 4.74 Å². The molecule has 34 heavy (non-hydrogen) atoms. The van der Waals surface area contributed by atoms with Crippen LogP contribution in [0.4, 0.5) is 13.6 Å². The first-order valence-corrected chi connectivity index (χ1v) is 11.7. The highest BCUT2D eigenvalue weighted by Crippen LogP contribution is 2.30. The number of hydrogen-bond acceptors (Lipinski definition) is 5. The number of halogens is 2. The van der Waals surface area contributed by atoms with Crippen molar-refractivity contribution in [1.29, 1.82) is 0 Å². The summed E-state index contributed by atoms with van der Waals surface area (Å²) in [7, 11) is 1.60. The molecular formula is C26H24F2N2O3S. The van der Waals surface area contributed by atoms with Crippen LogP contribution in [0.1, 0.15) is 41.3 Å². The van der Waals surface area contributed by atoms with Gasteiger partial charge in [-0.05, 0) is 59.9 Å². The predicted molar refractivity (Wildman–Crippen MR) is 128 cm³/mol. The lowest BCUT2D eigenvalue weighted by Crippen LogP contribution is -2.26. The summed E-state index contributed by atoms with van der Waals surface area (Å²) in [5.41, 5.74) is 3.43. The van der Waals surface area contributed by atoms with Gasteiger partial charge < -0.3 is 4.74 Å². The molecule has 0 bridgehead atoms. The van der Waals surface area contributed by atoms with E-state index in [9.17, 15) is 18.4 Å². The third-order valence-corrected chi connectivity index (χ3v) is 6.76.